The molecule has 0 amide bonds. The van der Waals surface area contributed by atoms with E-state index in [1.807, 2.05) is 0 Å². The Morgan fingerprint density at radius 1 is 1.10 bits per heavy atom. The molecule has 0 aromatic heterocycles. The van der Waals surface area contributed by atoms with Crippen molar-refractivity contribution in [2.75, 3.05) is 26.8 Å². The molecule has 0 heterocycles. The van der Waals surface area contributed by atoms with Gasteiger partial charge in [-0.3, -0.25) is 0 Å². The summed E-state index contributed by atoms with van der Waals surface area (Å²) in [7, 11) is 1.72. The lowest BCUT2D eigenvalue weighted by Crippen LogP contribution is -2.36. The Balaban J connectivity index is 2.75. The van der Waals surface area contributed by atoms with Gasteiger partial charge in [-0.1, -0.05) is 39.8 Å². The number of aryl methyl sites for hydroxylation is 1. The van der Waals surface area contributed by atoms with Gasteiger partial charge in [0.05, 0.1) is 6.61 Å². The molecule has 3 nitrogen and oxygen atoms in total. The van der Waals surface area contributed by atoms with Gasteiger partial charge in [0.15, 0.2) is 0 Å². The van der Waals surface area contributed by atoms with Crippen LogP contribution >= 0.6 is 0 Å². The largest absolute Gasteiger partial charge is 0.486 e. The SMILES string of the molecule is COCC(CNCC(C)C)Oc1cc(C)ccc1C(C)C. The molecule has 0 spiro atoms. The third-order valence-corrected chi connectivity index (χ3v) is 3.36. The Hall–Kier alpha value is -1.06. The fourth-order valence-electron chi connectivity index (χ4n) is 2.25. The van der Waals surface area contributed by atoms with E-state index in [2.05, 4.69) is 58.1 Å². The second-order valence-electron chi connectivity index (χ2n) is 6.44. The van der Waals surface area contributed by atoms with Crippen LogP contribution in [0.2, 0.25) is 0 Å². The van der Waals surface area contributed by atoms with Crippen LogP contribution in [0.15, 0.2) is 18.2 Å². The Morgan fingerprint density at radius 2 is 1.81 bits per heavy atom. The maximum Gasteiger partial charge on any atom is 0.134 e. The molecule has 0 aliphatic carbocycles. The average Bonchev–Trinajstić information content (AvgIpc) is 2.38. The summed E-state index contributed by atoms with van der Waals surface area (Å²) in [6, 6.07) is 6.44. The Morgan fingerprint density at radius 3 is 2.38 bits per heavy atom. The molecule has 3 heteroatoms. The third kappa shape index (κ3) is 6.49. The van der Waals surface area contributed by atoms with Gasteiger partial charge in [0.2, 0.25) is 0 Å². The van der Waals surface area contributed by atoms with Crippen LogP contribution in [-0.2, 0) is 4.74 Å². The number of ether oxygens (including phenoxy) is 2. The Kier molecular flexibility index (Phi) is 7.76. The second-order valence-corrected chi connectivity index (χ2v) is 6.44. The molecule has 1 N–H and O–H groups in total. The van der Waals surface area contributed by atoms with E-state index >= 15 is 0 Å². The lowest BCUT2D eigenvalue weighted by Gasteiger charge is -2.23. The van der Waals surface area contributed by atoms with E-state index in [1.165, 1.54) is 11.1 Å². The molecule has 0 aliphatic heterocycles. The summed E-state index contributed by atoms with van der Waals surface area (Å²) in [5.41, 5.74) is 2.48. The standard InChI is InChI=1S/C18H31NO2/c1-13(2)10-19-11-16(12-20-6)21-18-9-15(5)7-8-17(18)14(3)4/h7-9,13-14,16,19H,10-12H2,1-6H3. The molecule has 0 bridgehead atoms. The lowest BCUT2D eigenvalue weighted by atomic mass is 10.0. The number of hydrogen-bond acceptors (Lipinski definition) is 3. The minimum atomic E-state index is 0.0352. The fraction of sp³-hybridized carbons (Fsp3) is 0.667. The van der Waals surface area contributed by atoms with Gasteiger partial charge in [0.1, 0.15) is 11.9 Å². The summed E-state index contributed by atoms with van der Waals surface area (Å²) in [4.78, 5) is 0. The second kappa shape index (κ2) is 9.06. The molecule has 0 aliphatic rings. The van der Waals surface area contributed by atoms with Gasteiger partial charge in [0, 0.05) is 13.7 Å². The first-order valence-corrected chi connectivity index (χ1v) is 7.90. The molecule has 1 atom stereocenters. The zero-order valence-corrected chi connectivity index (χ0v) is 14.4. The van der Waals surface area contributed by atoms with Gasteiger partial charge in [0.25, 0.3) is 0 Å². The summed E-state index contributed by atoms with van der Waals surface area (Å²) < 4.78 is 11.5. The van der Waals surface area contributed by atoms with Crippen LogP contribution in [0.25, 0.3) is 0 Å². The van der Waals surface area contributed by atoms with Crippen molar-refractivity contribution in [1.82, 2.24) is 5.32 Å². The summed E-state index contributed by atoms with van der Waals surface area (Å²) in [5, 5.41) is 3.45. The quantitative estimate of drug-likeness (QED) is 0.752. The predicted octanol–water partition coefficient (Wildman–Crippen LogP) is 3.76. The molecule has 1 rings (SSSR count). The molecule has 0 saturated carbocycles. The van der Waals surface area contributed by atoms with E-state index in [9.17, 15) is 0 Å². The first kappa shape index (κ1) is 18.0. The third-order valence-electron chi connectivity index (χ3n) is 3.36. The molecular weight excluding hydrogens is 262 g/mol. The van der Waals surface area contributed by atoms with Crippen molar-refractivity contribution >= 4 is 0 Å². The van der Waals surface area contributed by atoms with Gasteiger partial charge in [-0.15, -0.1) is 0 Å². The summed E-state index contributed by atoms with van der Waals surface area (Å²) >= 11 is 0. The minimum Gasteiger partial charge on any atom is -0.486 e. The van der Waals surface area contributed by atoms with Crippen LogP contribution < -0.4 is 10.1 Å². The van der Waals surface area contributed by atoms with Gasteiger partial charge in [-0.25, -0.2) is 0 Å². The maximum atomic E-state index is 6.22. The number of benzene rings is 1. The molecule has 1 unspecified atom stereocenters. The molecule has 21 heavy (non-hydrogen) atoms. The van der Waals surface area contributed by atoms with E-state index in [4.69, 9.17) is 9.47 Å². The van der Waals surface area contributed by atoms with Crippen molar-refractivity contribution in [2.24, 2.45) is 5.92 Å². The van der Waals surface area contributed by atoms with Gasteiger partial charge in [-0.2, -0.15) is 0 Å². The van der Waals surface area contributed by atoms with E-state index in [1.54, 1.807) is 7.11 Å². The van der Waals surface area contributed by atoms with Crippen molar-refractivity contribution in [1.29, 1.82) is 0 Å². The highest BCUT2D eigenvalue weighted by atomic mass is 16.5. The number of rotatable bonds is 9. The number of hydrogen-bond donors (Lipinski definition) is 1. The monoisotopic (exact) mass is 293 g/mol. The van der Waals surface area contributed by atoms with Crippen molar-refractivity contribution < 1.29 is 9.47 Å². The van der Waals surface area contributed by atoms with Crippen molar-refractivity contribution in [3.63, 3.8) is 0 Å². The maximum absolute atomic E-state index is 6.22. The van der Waals surface area contributed by atoms with E-state index in [-0.39, 0.29) is 6.10 Å². The van der Waals surface area contributed by atoms with Crippen LogP contribution in [0.4, 0.5) is 0 Å². The highest BCUT2D eigenvalue weighted by molar-refractivity contribution is 5.39. The predicted molar refractivity (Wildman–Crippen MR) is 89.3 cm³/mol. The molecule has 1 aromatic rings. The fourth-order valence-corrected chi connectivity index (χ4v) is 2.25. The topological polar surface area (TPSA) is 30.5 Å². The van der Waals surface area contributed by atoms with Crippen LogP contribution in [0, 0.1) is 12.8 Å². The van der Waals surface area contributed by atoms with Crippen molar-refractivity contribution in [3.05, 3.63) is 29.3 Å². The molecule has 0 radical (unpaired) electrons. The first-order chi connectivity index (χ1) is 9.93. The molecule has 120 valence electrons. The lowest BCUT2D eigenvalue weighted by molar-refractivity contribution is 0.0794. The first-order valence-electron chi connectivity index (χ1n) is 7.90. The van der Waals surface area contributed by atoms with E-state index < -0.39 is 0 Å². The smallest absolute Gasteiger partial charge is 0.134 e. The molecule has 0 fully saturated rings. The van der Waals surface area contributed by atoms with E-state index in [0.717, 1.165) is 18.8 Å². The molecule has 0 saturated heterocycles. The number of methoxy groups -OCH3 is 1. The van der Waals surface area contributed by atoms with Gasteiger partial charge < -0.3 is 14.8 Å². The van der Waals surface area contributed by atoms with Crippen molar-refractivity contribution in [2.45, 2.75) is 46.6 Å². The Bertz CT molecular complexity index is 416. The number of nitrogens with one attached hydrogen (secondary N) is 1. The van der Waals surface area contributed by atoms with Crippen LogP contribution in [0.3, 0.4) is 0 Å². The summed E-state index contributed by atoms with van der Waals surface area (Å²) in [6.45, 7) is 13.3. The molecular formula is C18H31NO2. The molecule has 1 aromatic carbocycles. The van der Waals surface area contributed by atoms with Crippen LogP contribution in [0.1, 0.15) is 44.7 Å². The van der Waals surface area contributed by atoms with Crippen LogP contribution in [-0.4, -0.2) is 32.9 Å². The highest BCUT2D eigenvalue weighted by Gasteiger charge is 2.15. The zero-order chi connectivity index (χ0) is 15.8. The van der Waals surface area contributed by atoms with Crippen LogP contribution in [0.5, 0.6) is 5.75 Å². The minimum absolute atomic E-state index is 0.0352. The van der Waals surface area contributed by atoms with Gasteiger partial charge >= 0.3 is 0 Å². The van der Waals surface area contributed by atoms with Crippen molar-refractivity contribution in [3.8, 4) is 5.75 Å². The Labute approximate surface area is 130 Å². The highest BCUT2D eigenvalue weighted by Crippen LogP contribution is 2.28. The summed E-state index contributed by atoms with van der Waals surface area (Å²) in [6.07, 6.45) is 0.0352. The van der Waals surface area contributed by atoms with E-state index in [0.29, 0.717) is 18.4 Å². The normalized spacial score (nSPS) is 13.0. The zero-order valence-electron chi connectivity index (χ0n) is 14.4. The van der Waals surface area contributed by atoms with Gasteiger partial charge in [-0.05, 0) is 42.5 Å². The average molecular weight is 293 g/mol. The summed E-state index contributed by atoms with van der Waals surface area (Å²) in [5.74, 6) is 2.07.